The van der Waals surface area contributed by atoms with Crippen molar-refractivity contribution in [3.05, 3.63) is 94.5 Å². The van der Waals surface area contributed by atoms with Gasteiger partial charge in [0.15, 0.2) is 0 Å². The number of fused-ring (bicyclic) bond motifs is 2. The van der Waals surface area contributed by atoms with Crippen molar-refractivity contribution in [2.45, 2.75) is 50.5 Å². The molecule has 3 amide bonds. The lowest BCUT2D eigenvalue weighted by molar-refractivity contribution is -0.134. The summed E-state index contributed by atoms with van der Waals surface area (Å²) in [4.78, 5) is 40.3. The maximum Gasteiger partial charge on any atom is 0.257 e. The average molecular weight is 562 g/mol. The van der Waals surface area contributed by atoms with Crippen LogP contribution in [0.5, 0.6) is 5.75 Å². The summed E-state index contributed by atoms with van der Waals surface area (Å²) in [7, 11) is 1.76. The van der Waals surface area contributed by atoms with Crippen molar-refractivity contribution in [2.24, 2.45) is 0 Å². The Bertz CT molecular complexity index is 1370. The molecule has 1 saturated heterocycles. The van der Waals surface area contributed by atoms with E-state index in [-0.39, 0.29) is 55.4 Å². The number of nitrogens with one attached hydrogen (secondary N) is 2. The van der Waals surface area contributed by atoms with Gasteiger partial charge < -0.3 is 25.0 Å². The van der Waals surface area contributed by atoms with E-state index in [4.69, 9.17) is 21.1 Å². The maximum atomic E-state index is 13.5. The molecule has 0 bridgehead atoms. The third kappa shape index (κ3) is 6.81. The largest absolute Gasteiger partial charge is 0.490 e. The Morgan fingerprint density at radius 3 is 2.52 bits per heavy atom. The number of nitrogens with zero attached hydrogens (tertiary/aromatic N) is 1. The second-order valence-corrected chi connectivity index (χ2v) is 10.6. The molecule has 2 aliphatic rings. The normalized spacial score (nSPS) is 20.3. The molecule has 3 aromatic rings. The van der Waals surface area contributed by atoms with Crippen molar-refractivity contribution < 1.29 is 23.9 Å². The number of ether oxygens (including phenoxy) is 2. The van der Waals surface area contributed by atoms with Crippen molar-refractivity contribution in [1.82, 2.24) is 10.2 Å². The van der Waals surface area contributed by atoms with E-state index in [2.05, 4.69) is 10.6 Å². The molecule has 9 heteroatoms. The molecule has 0 saturated carbocycles. The standard InChI is InChI=1S/C31H32ClN3O5/c1-35-26-13-12-24(17-29(36)33-18-21-7-9-22(32)10-8-21)40-28(26)19-39-27-14-11-23(16-25(27)31(35)38)34-30(37)15-20-5-3-2-4-6-20/h2-11,14,16,24,26,28H,12-13,15,17-19H2,1H3,(H,33,36)(H,34,37)/t24-,26+,28-/m0/s1. The first kappa shape index (κ1) is 27.7. The molecule has 0 unspecified atom stereocenters. The van der Waals surface area contributed by atoms with Gasteiger partial charge in [0.2, 0.25) is 11.8 Å². The molecule has 0 aromatic heterocycles. The molecule has 3 aromatic carbocycles. The number of likely N-dealkylation sites (N-methyl/N-ethyl adjacent to an activating group) is 1. The summed E-state index contributed by atoms with van der Waals surface area (Å²) in [5.74, 6) is -0.0288. The first-order valence-electron chi connectivity index (χ1n) is 13.4. The quantitative estimate of drug-likeness (QED) is 0.439. The van der Waals surface area contributed by atoms with Crippen molar-refractivity contribution in [2.75, 3.05) is 19.0 Å². The minimum absolute atomic E-state index is 0.0956. The Hall–Kier alpha value is -3.88. The van der Waals surface area contributed by atoms with E-state index in [0.29, 0.717) is 41.4 Å². The highest BCUT2D eigenvalue weighted by Gasteiger charge is 2.39. The molecule has 2 heterocycles. The predicted octanol–water partition coefficient (Wildman–Crippen LogP) is 4.61. The van der Waals surface area contributed by atoms with Gasteiger partial charge in [0.25, 0.3) is 5.91 Å². The Kier molecular flexibility index (Phi) is 8.67. The molecule has 0 aliphatic carbocycles. The summed E-state index contributed by atoms with van der Waals surface area (Å²) in [5, 5.41) is 6.47. The minimum Gasteiger partial charge on any atom is -0.490 e. The first-order valence-corrected chi connectivity index (χ1v) is 13.8. The second kappa shape index (κ2) is 12.5. The SMILES string of the molecule is CN1C(=O)c2cc(NC(=O)Cc3ccccc3)ccc2OC[C@@H]2O[C@H](CC(=O)NCc3ccc(Cl)cc3)CC[C@H]21. The molecule has 5 rings (SSSR count). The maximum absolute atomic E-state index is 13.5. The Morgan fingerprint density at radius 1 is 0.975 bits per heavy atom. The molecule has 1 fully saturated rings. The lowest BCUT2D eigenvalue weighted by atomic mass is 9.94. The van der Waals surface area contributed by atoms with Crippen molar-refractivity contribution in [3.8, 4) is 5.75 Å². The van der Waals surface area contributed by atoms with E-state index >= 15 is 0 Å². The van der Waals surface area contributed by atoms with E-state index < -0.39 is 0 Å². The molecule has 40 heavy (non-hydrogen) atoms. The smallest absolute Gasteiger partial charge is 0.257 e. The van der Waals surface area contributed by atoms with Crippen LogP contribution in [0.25, 0.3) is 0 Å². The molecule has 0 radical (unpaired) electrons. The number of anilines is 1. The summed E-state index contributed by atoms with van der Waals surface area (Å²) in [6.07, 6.45) is 1.18. The van der Waals surface area contributed by atoms with Crippen LogP contribution >= 0.6 is 11.6 Å². The van der Waals surface area contributed by atoms with Gasteiger partial charge in [-0.3, -0.25) is 14.4 Å². The number of amides is 3. The molecular formula is C31H32ClN3O5. The van der Waals surface area contributed by atoms with Gasteiger partial charge in [0, 0.05) is 24.3 Å². The molecule has 8 nitrogen and oxygen atoms in total. The van der Waals surface area contributed by atoms with Crippen LogP contribution in [0.3, 0.4) is 0 Å². The van der Waals surface area contributed by atoms with Gasteiger partial charge in [-0.1, -0.05) is 54.1 Å². The zero-order chi connectivity index (χ0) is 28.1. The van der Waals surface area contributed by atoms with Gasteiger partial charge >= 0.3 is 0 Å². The van der Waals surface area contributed by atoms with Gasteiger partial charge in [-0.2, -0.15) is 0 Å². The number of benzene rings is 3. The van der Waals surface area contributed by atoms with Crippen molar-refractivity contribution in [3.63, 3.8) is 0 Å². The summed E-state index contributed by atoms with van der Waals surface area (Å²) in [5.41, 5.74) is 2.80. The molecule has 2 N–H and O–H groups in total. The lowest BCUT2D eigenvalue weighted by Crippen LogP contribution is -2.53. The first-order chi connectivity index (χ1) is 19.4. The molecule has 3 atom stereocenters. The summed E-state index contributed by atoms with van der Waals surface area (Å²) in [6.45, 7) is 0.665. The average Bonchev–Trinajstić information content (AvgIpc) is 2.95. The Labute approximate surface area is 238 Å². The van der Waals surface area contributed by atoms with Crippen LogP contribution in [0.1, 0.15) is 40.7 Å². The van der Waals surface area contributed by atoms with E-state index in [9.17, 15) is 14.4 Å². The van der Waals surface area contributed by atoms with Crippen LogP contribution < -0.4 is 15.4 Å². The third-order valence-corrected chi connectivity index (χ3v) is 7.57. The Balaban J connectivity index is 1.19. The van der Waals surface area contributed by atoms with E-state index in [1.54, 1.807) is 42.3 Å². The highest BCUT2D eigenvalue weighted by molar-refractivity contribution is 6.30. The van der Waals surface area contributed by atoms with Crippen LogP contribution in [-0.2, 0) is 27.3 Å². The highest BCUT2D eigenvalue weighted by atomic mass is 35.5. The summed E-state index contributed by atoms with van der Waals surface area (Å²) >= 11 is 5.92. The van der Waals surface area contributed by atoms with Gasteiger partial charge in [0.1, 0.15) is 18.5 Å². The van der Waals surface area contributed by atoms with Crippen LogP contribution in [0.4, 0.5) is 5.69 Å². The number of carbonyl (C=O) groups is 3. The molecule has 2 aliphatic heterocycles. The third-order valence-electron chi connectivity index (χ3n) is 7.32. The summed E-state index contributed by atoms with van der Waals surface area (Å²) < 4.78 is 12.3. The number of rotatable bonds is 7. The fraction of sp³-hybridized carbons (Fsp3) is 0.323. The number of halogens is 1. The van der Waals surface area contributed by atoms with Crippen molar-refractivity contribution >= 4 is 35.0 Å². The van der Waals surface area contributed by atoms with Crippen LogP contribution in [-0.4, -0.2) is 54.5 Å². The van der Waals surface area contributed by atoms with E-state index in [1.165, 1.54) is 0 Å². The van der Waals surface area contributed by atoms with Gasteiger partial charge in [-0.05, 0) is 54.3 Å². The molecular weight excluding hydrogens is 530 g/mol. The van der Waals surface area contributed by atoms with Crippen LogP contribution in [0, 0.1) is 0 Å². The zero-order valence-electron chi connectivity index (χ0n) is 22.3. The summed E-state index contributed by atoms with van der Waals surface area (Å²) in [6, 6.07) is 21.7. The highest BCUT2D eigenvalue weighted by Crippen LogP contribution is 2.32. The predicted molar refractivity (Wildman–Crippen MR) is 152 cm³/mol. The lowest BCUT2D eigenvalue weighted by Gasteiger charge is -2.42. The van der Waals surface area contributed by atoms with Crippen molar-refractivity contribution in [1.29, 1.82) is 0 Å². The fourth-order valence-electron chi connectivity index (χ4n) is 5.17. The molecule has 0 spiro atoms. The van der Waals surface area contributed by atoms with Gasteiger partial charge in [-0.15, -0.1) is 0 Å². The van der Waals surface area contributed by atoms with Crippen LogP contribution in [0.15, 0.2) is 72.8 Å². The van der Waals surface area contributed by atoms with E-state index in [0.717, 1.165) is 11.1 Å². The zero-order valence-corrected chi connectivity index (χ0v) is 23.0. The van der Waals surface area contributed by atoms with Crippen LogP contribution in [0.2, 0.25) is 5.02 Å². The second-order valence-electron chi connectivity index (χ2n) is 10.2. The van der Waals surface area contributed by atoms with Gasteiger partial charge in [-0.25, -0.2) is 0 Å². The number of hydrogen-bond acceptors (Lipinski definition) is 5. The Morgan fingerprint density at radius 2 is 1.75 bits per heavy atom. The number of carbonyl (C=O) groups excluding carboxylic acids is 3. The fourth-order valence-corrected chi connectivity index (χ4v) is 5.30. The minimum atomic E-state index is -0.366. The van der Waals surface area contributed by atoms with E-state index in [1.807, 2.05) is 42.5 Å². The topological polar surface area (TPSA) is 97.0 Å². The monoisotopic (exact) mass is 561 g/mol. The molecule has 208 valence electrons. The number of hydrogen-bond donors (Lipinski definition) is 2. The van der Waals surface area contributed by atoms with Gasteiger partial charge in [0.05, 0.1) is 30.6 Å².